The Morgan fingerprint density at radius 2 is 1.55 bits per heavy atom. The molecule has 12 heteroatoms. The summed E-state index contributed by atoms with van der Waals surface area (Å²) in [4.78, 5) is 49.4. The molecule has 0 aliphatic heterocycles. The van der Waals surface area contributed by atoms with Gasteiger partial charge in [0.2, 0.25) is 17.7 Å². The molecule has 5 unspecified atom stereocenters. The summed E-state index contributed by atoms with van der Waals surface area (Å²) >= 11 is 5.53. The summed E-state index contributed by atoms with van der Waals surface area (Å²) in [5.41, 5.74) is 6.32. The molecule has 0 saturated carbocycles. The van der Waals surface area contributed by atoms with E-state index in [1.807, 2.05) is 6.26 Å². The lowest BCUT2D eigenvalue weighted by atomic mass is 10.1. The number of hydrogen-bond acceptors (Lipinski definition) is 8. The predicted octanol–water partition coefficient (Wildman–Crippen LogP) is -0.841. The van der Waals surface area contributed by atoms with Gasteiger partial charge in [0.1, 0.15) is 24.2 Å². The number of carbonyl (C=O) groups is 4. The number of thiol groups is 1. The molecule has 0 aromatic heterocycles. The van der Waals surface area contributed by atoms with Gasteiger partial charge in [0.15, 0.2) is 0 Å². The summed E-state index contributed by atoms with van der Waals surface area (Å²) in [6, 6.07) is 4.32. The molecule has 0 heterocycles. The fourth-order valence-corrected chi connectivity index (χ4v) is 3.51. The summed E-state index contributed by atoms with van der Waals surface area (Å²) in [5.74, 6) is -2.81. The lowest BCUT2D eigenvalue weighted by Gasteiger charge is -2.25. The first-order chi connectivity index (χ1) is 15.6. The topological polar surface area (TPSA) is 171 Å². The van der Waals surface area contributed by atoms with E-state index >= 15 is 0 Å². The minimum absolute atomic E-state index is 0.0767. The lowest BCUT2D eigenvalue weighted by Crippen LogP contribution is -2.58. The predicted molar refractivity (Wildman–Crippen MR) is 130 cm³/mol. The Balaban J connectivity index is 2.88. The van der Waals surface area contributed by atoms with Crippen LogP contribution in [0.3, 0.4) is 0 Å². The van der Waals surface area contributed by atoms with Gasteiger partial charge in [-0.25, -0.2) is 4.79 Å². The Kier molecular flexibility index (Phi) is 12.9. The van der Waals surface area contributed by atoms with E-state index in [1.54, 1.807) is 30.3 Å². The first kappa shape index (κ1) is 28.8. The number of carbonyl (C=O) groups excluding carboxylic acids is 3. The maximum Gasteiger partial charge on any atom is 0.326 e. The number of carboxylic acid groups (broad SMARTS) is 1. The van der Waals surface area contributed by atoms with Crippen molar-refractivity contribution in [1.82, 2.24) is 16.0 Å². The highest BCUT2D eigenvalue weighted by Gasteiger charge is 2.30. The quantitative estimate of drug-likeness (QED) is 0.162. The third-order valence-electron chi connectivity index (χ3n) is 4.78. The summed E-state index contributed by atoms with van der Waals surface area (Å²) in [6.07, 6.45) is 1.04. The maximum absolute atomic E-state index is 12.9. The van der Waals surface area contributed by atoms with Gasteiger partial charge in [-0.05, 0) is 30.9 Å². The average molecular weight is 501 g/mol. The minimum Gasteiger partial charge on any atom is -0.480 e. The van der Waals surface area contributed by atoms with E-state index in [2.05, 4.69) is 28.6 Å². The molecule has 184 valence electrons. The van der Waals surface area contributed by atoms with Gasteiger partial charge in [-0.1, -0.05) is 30.3 Å². The van der Waals surface area contributed by atoms with Crippen LogP contribution in [0.5, 0.6) is 0 Å². The first-order valence-corrected chi connectivity index (χ1v) is 12.3. The van der Waals surface area contributed by atoms with Crippen LogP contribution in [-0.2, 0) is 25.6 Å². The molecule has 0 aliphatic rings. The van der Waals surface area contributed by atoms with Crippen LogP contribution in [0, 0.1) is 0 Å². The fourth-order valence-electron chi connectivity index (χ4n) is 2.78. The SMILES string of the molecule is CSCCC(NC(=O)C(CS)NC(=O)C(N)C(C)O)C(=O)NC(Cc1ccccc1)C(=O)O. The second-order valence-corrected chi connectivity index (χ2v) is 8.79. The van der Waals surface area contributed by atoms with E-state index in [1.165, 1.54) is 18.7 Å². The largest absolute Gasteiger partial charge is 0.480 e. The number of aliphatic carboxylic acids is 1. The number of rotatable bonds is 14. The first-order valence-electron chi connectivity index (χ1n) is 10.3. The summed E-state index contributed by atoms with van der Waals surface area (Å²) in [5, 5.41) is 26.5. The van der Waals surface area contributed by atoms with Gasteiger partial charge >= 0.3 is 5.97 Å². The molecular weight excluding hydrogens is 468 g/mol. The standard InChI is InChI=1S/C21H32N4O6S2/c1-12(26)17(22)20(29)25-16(11-32)19(28)23-14(8-9-33-2)18(27)24-15(21(30)31)10-13-6-4-3-5-7-13/h3-7,12,14-17,26,32H,8-11,22H2,1-2H3,(H,23,28)(H,24,27)(H,25,29)(H,30,31). The number of amides is 3. The molecule has 0 saturated heterocycles. The number of benzene rings is 1. The molecule has 0 radical (unpaired) electrons. The van der Waals surface area contributed by atoms with Crippen LogP contribution < -0.4 is 21.7 Å². The Bertz CT molecular complexity index is 796. The monoisotopic (exact) mass is 500 g/mol. The number of aliphatic hydroxyl groups is 1. The van der Waals surface area contributed by atoms with Crippen molar-refractivity contribution in [3.8, 4) is 0 Å². The molecule has 0 aliphatic carbocycles. The summed E-state index contributed by atoms with van der Waals surface area (Å²) in [6.45, 7) is 1.34. The molecule has 33 heavy (non-hydrogen) atoms. The van der Waals surface area contributed by atoms with Crippen LogP contribution in [0.25, 0.3) is 0 Å². The highest BCUT2D eigenvalue weighted by atomic mass is 32.2. The van der Waals surface area contributed by atoms with Crippen molar-refractivity contribution in [2.75, 3.05) is 17.8 Å². The normalized spacial score (nSPS) is 15.4. The van der Waals surface area contributed by atoms with E-state index in [9.17, 15) is 29.4 Å². The molecule has 0 fully saturated rings. The third kappa shape index (κ3) is 10.0. The second-order valence-electron chi connectivity index (χ2n) is 7.44. The van der Waals surface area contributed by atoms with Crippen LogP contribution >= 0.6 is 24.4 Å². The fraction of sp³-hybridized carbons (Fsp3) is 0.524. The molecule has 1 rings (SSSR count). The van der Waals surface area contributed by atoms with E-state index in [4.69, 9.17) is 5.73 Å². The van der Waals surface area contributed by atoms with E-state index in [0.717, 1.165) is 5.56 Å². The average Bonchev–Trinajstić information content (AvgIpc) is 2.79. The van der Waals surface area contributed by atoms with Crippen molar-refractivity contribution < 1.29 is 29.4 Å². The Hall–Kier alpha value is -2.28. The third-order valence-corrected chi connectivity index (χ3v) is 5.79. The van der Waals surface area contributed by atoms with Crippen molar-refractivity contribution in [2.45, 2.75) is 50.0 Å². The summed E-state index contributed by atoms with van der Waals surface area (Å²) in [7, 11) is 0. The van der Waals surface area contributed by atoms with Crippen LogP contribution in [0.2, 0.25) is 0 Å². The Labute approximate surface area is 202 Å². The van der Waals surface area contributed by atoms with E-state index in [-0.39, 0.29) is 18.6 Å². The molecule has 7 N–H and O–H groups in total. The second kappa shape index (κ2) is 14.8. The molecule has 5 atom stereocenters. The van der Waals surface area contributed by atoms with E-state index < -0.39 is 54.0 Å². The van der Waals surface area contributed by atoms with Crippen LogP contribution in [-0.4, -0.2) is 81.9 Å². The molecule has 1 aromatic carbocycles. The highest BCUT2D eigenvalue weighted by molar-refractivity contribution is 7.98. The number of carboxylic acids is 1. The van der Waals surface area contributed by atoms with Crippen LogP contribution in [0.1, 0.15) is 18.9 Å². The Morgan fingerprint density at radius 1 is 1.00 bits per heavy atom. The smallest absolute Gasteiger partial charge is 0.326 e. The van der Waals surface area contributed by atoms with Crippen LogP contribution in [0.15, 0.2) is 30.3 Å². The van der Waals surface area contributed by atoms with Crippen molar-refractivity contribution in [2.24, 2.45) is 5.73 Å². The molecular formula is C21H32N4O6S2. The van der Waals surface area contributed by atoms with Crippen molar-refractivity contribution in [3.63, 3.8) is 0 Å². The van der Waals surface area contributed by atoms with Gasteiger partial charge in [-0.15, -0.1) is 0 Å². The maximum atomic E-state index is 12.9. The zero-order chi connectivity index (χ0) is 25.0. The van der Waals surface area contributed by atoms with Crippen LogP contribution in [0.4, 0.5) is 0 Å². The van der Waals surface area contributed by atoms with Gasteiger partial charge < -0.3 is 31.9 Å². The van der Waals surface area contributed by atoms with Gasteiger partial charge in [0.05, 0.1) is 6.10 Å². The number of aliphatic hydroxyl groups excluding tert-OH is 1. The molecule has 0 spiro atoms. The van der Waals surface area contributed by atoms with Gasteiger partial charge in [0.25, 0.3) is 0 Å². The van der Waals surface area contributed by atoms with E-state index in [0.29, 0.717) is 5.75 Å². The number of thioether (sulfide) groups is 1. The number of nitrogens with one attached hydrogen (secondary N) is 3. The van der Waals surface area contributed by atoms with Crippen molar-refractivity contribution >= 4 is 48.1 Å². The lowest BCUT2D eigenvalue weighted by molar-refractivity contribution is -0.142. The number of nitrogens with two attached hydrogens (primary N) is 1. The van der Waals surface area contributed by atoms with Gasteiger partial charge in [-0.3, -0.25) is 14.4 Å². The zero-order valence-electron chi connectivity index (χ0n) is 18.6. The molecule has 1 aromatic rings. The highest BCUT2D eigenvalue weighted by Crippen LogP contribution is 2.07. The Morgan fingerprint density at radius 3 is 2.06 bits per heavy atom. The van der Waals surface area contributed by atoms with Gasteiger partial charge in [0, 0.05) is 12.2 Å². The molecule has 10 nitrogen and oxygen atoms in total. The summed E-state index contributed by atoms with van der Waals surface area (Å²) < 4.78 is 0. The minimum atomic E-state index is -1.23. The zero-order valence-corrected chi connectivity index (χ0v) is 20.3. The molecule has 0 bridgehead atoms. The van der Waals surface area contributed by atoms with Crippen molar-refractivity contribution in [3.05, 3.63) is 35.9 Å². The number of hydrogen-bond donors (Lipinski definition) is 7. The van der Waals surface area contributed by atoms with Gasteiger partial charge in [-0.2, -0.15) is 24.4 Å². The molecule has 3 amide bonds. The van der Waals surface area contributed by atoms with Crippen molar-refractivity contribution in [1.29, 1.82) is 0 Å².